The Morgan fingerprint density at radius 2 is 1.89 bits per heavy atom. The van der Waals surface area contributed by atoms with Crippen LogP contribution in [0.5, 0.6) is 0 Å². The Labute approximate surface area is 189 Å². The van der Waals surface area contributed by atoms with Gasteiger partial charge in [-0.3, -0.25) is 9.89 Å². The summed E-state index contributed by atoms with van der Waals surface area (Å²) in [6.07, 6.45) is 2.68. The molecule has 3 rings (SSSR count). The number of hydrogen-bond donors (Lipinski definition) is 1. The van der Waals surface area contributed by atoms with Crippen LogP contribution in [0, 0.1) is 0 Å². The van der Waals surface area contributed by atoms with Crippen molar-refractivity contribution in [2.24, 2.45) is 4.99 Å². The molecule has 0 radical (unpaired) electrons. The highest BCUT2D eigenvalue weighted by molar-refractivity contribution is 14.0. The van der Waals surface area contributed by atoms with Gasteiger partial charge in [-0.15, -0.1) is 34.2 Å². The van der Waals surface area contributed by atoms with Gasteiger partial charge >= 0.3 is 0 Å². The van der Waals surface area contributed by atoms with Gasteiger partial charge in [-0.2, -0.15) is 0 Å². The molecular formula is C19H29ClIN7. The van der Waals surface area contributed by atoms with Crippen LogP contribution in [-0.2, 0) is 19.5 Å². The molecule has 2 aromatic rings. The van der Waals surface area contributed by atoms with Crippen molar-refractivity contribution in [2.75, 3.05) is 39.8 Å². The maximum Gasteiger partial charge on any atom is 0.193 e. The van der Waals surface area contributed by atoms with E-state index in [1.54, 1.807) is 6.33 Å². The molecule has 0 unspecified atom stereocenters. The molecule has 1 aromatic carbocycles. The van der Waals surface area contributed by atoms with E-state index in [4.69, 9.17) is 11.6 Å². The lowest BCUT2D eigenvalue weighted by Gasteiger charge is -2.36. The number of aromatic nitrogens is 3. The molecule has 1 saturated heterocycles. The minimum Gasteiger partial charge on any atom is -0.354 e. The van der Waals surface area contributed by atoms with Gasteiger partial charge in [-0.05, 0) is 17.7 Å². The third-order valence-electron chi connectivity index (χ3n) is 4.85. The Hall–Kier alpha value is -1.39. The first-order chi connectivity index (χ1) is 13.2. The fourth-order valence-corrected chi connectivity index (χ4v) is 3.45. The molecule has 154 valence electrons. The van der Waals surface area contributed by atoms with Gasteiger partial charge in [0.1, 0.15) is 12.2 Å². The van der Waals surface area contributed by atoms with Crippen molar-refractivity contribution in [3.63, 3.8) is 0 Å². The standard InChI is InChI=1S/C19H28ClN7.HI/c1-3-18-24-23-15-27(18)9-8-22-19(21-2)26-12-10-25(11-13-26)14-16-4-6-17(20)7-5-16;/h4-7,15H,3,8-14H2,1-2H3,(H,21,22);1H. The lowest BCUT2D eigenvalue weighted by atomic mass is 10.2. The number of nitrogens with one attached hydrogen (secondary N) is 1. The highest BCUT2D eigenvalue weighted by atomic mass is 127. The number of aryl methyl sites for hydroxylation is 1. The van der Waals surface area contributed by atoms with Gasteiger partial charge in [0.05, 0.1) is 0 Å². The zero-order valence-electron chi connectivity index (χ0n) is 16.5. The summed E-state index contributed by atoms with van der Waals surface area (Å²) in [4.78, 5) is 9.24. The number of guanidine groups is 1. The van der Waals surface area contributed by atoms with Crippen molar-refractivity contribution >= 4 is 41.5 Å². The number of nitrogens with zero attached hydrogens (tertiary/aromatic N) is 6. The van der Waals surface area contributed by atoms with Crippen LogP contribution in [0.1, 0.15) is 18.3 Å². The molecule has 7 nitrogen and oxygen atoms in total. The maximum atomic E-state index is 5.97. The van der Waals surface area contributed by atoms with Gasteiger partial charge in [0.25, 0.3) is 0 Å². The summed E-state index contributed by atoms with van der Waals surface area (Å²) in [5, 5.41) is 12.4. The zero-order valence-corrected chi connectivity index (χ0v) is 19.6. The van der Waals surface area contributed by atoms with Crippen LogP contribution < -0.4 is 5.32 Å². The van der Waals surface area contributed by atoms with Crippen molar-refractivity contribution in [1.82, 2.24) is 29.9 Å². The van der Waals surface area contributed by atoms with Gasteiger partial charge in [0.15, 0.2) is 5.96 Å². The second kappa shape index (κ2) is 11.6. The predicted octanol–water partition coefficient (Wildman–Crippen LogP) is 2.51. The number of piperazine rings is 1. The second-order valence-corrected chi connectivity index (χ2v) is 7.09. The highest BCUT2D eigenvalue weighted by Crippen LogP contribution is 2.13. The Morgan fingerprint density at radius 1 is 1.18 bits per heavy atom. The van der Waals surface area contributed by atoms with E-state index in [0.29, 0.717) is 0 Å². The van der Waals surface area contributed by atoms with E-state index in [0.717, 1.165) is 69.0 Å². The third-order valence-corrected chi connectivity index (χ3v) is 5.10. The first-order valence-corrected chi connectivity index (χ1v) is 9.86. The molecule has 2 heterocycles. The monoisotopic (exact) mass is 517 g/mol. The van der Waals surface area contributed by atoms with Crippen molar-refractivity contribution in [3.8, 4) is 0 Å². The average molecular weight is 518 g/mol. The van der Waals surface area contributed by atoms with Crippen LogP contribution in [0.4, 0.5) is 0 Å². The SMILES string of the molecule is CCc1nncn1CCNC(=NC)N1CCN(Cc2ccc(Cl)cc2)CC1.I. The van der Waals surface area contributed by atoms with Gasteiger partial charge in [-0.1, -0.05) is 30.7 Å². The summed E-state index contributed by atoms with van der Waals surface area (Å²) >= 11 is 5.97. The molecular weight excluding hydrogens is 489 g/mol. The lowest BCUT2D eigenvalue weighted by Crippen LogP contribution is -2.52. The smallest absolute Gasteiger partial charge is 0.193 e. The topological polar surface area (TPSA) is 61.6 Å². The van der Waals surface area contributed by atoms with E-state index < -0.39 is 0 Å². The van der Waals surface area contributed by atoms with Crippen molar-refractivity contribution in [3.05, 3.63) is 47.0 Å². The molecule has 1 aromatic heterocycles. The number of halogens is 2. The molecule has 9 heteroatoms. The maximum absolute atomic E-state index is 5.97. The molecule has 1 aliphatic heterocycles. The molecule has 28 heavy (non-hydrogen) atoms. The number of rotatable bonds is 6. The van der Waals surface area contributed by atoms with E-state index in [2.05, 4.69) is 53.9 Å². The molecule has 0 spiro atoms. The number of hydrogen-bond acceptors (Lipinski definition) is 4. The number of benzene rings is 1. The summed E-state index contributed by atoms with van der Waals surface area (Å²) in [5.41, 5.74) is 1.30. The minimum atomic E-state index is 0. The molecule has 0 bridgehead atoms. The fraction of sp³-hybridized carbons (Fsp3) is 0.526. The normalized spacial score (nSPS) is 15.4. The van der Waals surface area contributed by atoms with E-state index in [9.17, 15) is 0 Å². The van der Waals surface area contributed by atoms with E-state index >= 15 is 0 Å². The first kappa shape index (κ1) is 22.9. The molecule has 0 amide bonds. The summed E-state index contributed by atoms with van der Waals surface area (Å²) in [5.74, 6) is 1.98. The Bertz CT molecular complexity index is 739. The van der Waals surface area contributed by atoms with Crippen LogP contribution in [0.15, 0.2) is 35.6 Å². The van der Waals surface area contributed by atoms with Gasteiger partial charge in [-0.25, -0.2) is 0 Å². The van der Waals surface area contributed by atoms with E-state index in [-0.39, 0.29) is 24.0 Å². The minimum absolute atomic E-state index is 0. The Morgan fingerprint density at radius 3 is 2.54 bits per heavy atom. The average Bonchev–Trinajstić information content (AvgIpc) is 3.15. The van der Waals surface area contributed by atoms with Gasteiger partial charge in [0, 0.05) is 64.3 Å². The van der Waals surface area contributed by atoms with E-state index in [1.807, 2.05) is 19.2 Å². The second-order valence-electron chi connectivity index (χ2n) is 6.66. The van der Waals surface area contributed by atoms with Crippen molar-refractivity contribution in [2.45, 2.75) is 26.4 Å². The third kappa shape index (κ3) is 6.31. The molecule has 0 saturated carbocycles. The van der Waals surface area contributed by atoms with Crippen LogP contribution >= 0.6 is 35.6 Å². The molecule has 1 N–H and O–H groups in total. The van der Waals surface area contributed by atoms with Crippen LogP contribution in [0.3, 0.4) is 0 Å². The molecule has 1 aliphatic rings. The van der Waals surface area contributed by atoms with Crippen molar-refractivity contribution in [1.29, 1.82) is 0 Å². The zero-order chi connectivity index (χ0) is 19.1. The summed E-state index contributed by atoms with van der Waals surface area (Å²) in [6, 6.07) is 8.12. The first-order valence-electron chi connectivity index (χ1n) is 9.48. The van der Waals surface area contributed by atoms with Gasteiger partial charge < -0.3 is 14.8 Å². The van der Waals surface area contributed by atoms with Crippen LogP contribution in [0.25, 0.3) is 0 Å². The predicted molar refractivity (Wildman–Crippen MR) is 124 cm³/mol. The van der Waals surface area contributed by atoms with E-state index in [1.165, 1.54) is 5.56 Å². The largest absolute Gasteiger partial charge is 0.354 e. The molecule has 0 atom stereocenters. The number of aliphatic imine (C=N–C) groups is 1. The van der Waals surface area contributed by atoms with Crippen molar-refractivity contribution < 1.29 is 0 Å². The Kier molecular flexibility index (Phi) is 9.46. The lowest BCUT2D eigenvalue weighted by molar-refractivity contribution is 0.172. The summed E-state index contributed by atoms with van der Waals surface area (Å²) in [6.45, 7) is 8.69. The van der Waals surface area contributed by atoms with Gasteiger partial charge in [0.2, 0.25) is 0 Å². The highest BCUT2D eigenvalue weighted by Gasteiger charge is 2.19. The van der Waals surface area contributed by atoms with Crippen LogP contribution in [-0.4, -0.2) is 70.3 Å². The molecule has 0 aliphatic carbocycles. The summed E-state index contributed by atoms with van der Waals surface area (Å²) < 4.78 is 2.09. The fourth-order valence-electron chi connectivity index (χ4n) is 3.33. The summed E-state index contributed by atoms with van der Waals surface area (Å²) in [7, 11) is 1.85. The Balaban J connectivity index is 0.00000280. The quantitative estimate of drug-likeness (QED) is 0.362. The molecule has 1 fully saturated rings. The van der Waals surface area contributed by atoms with Crippen LogP contribution in [0.2, 0.25) is 5.02 Å².